The van der Waals surface area contributed by atoms with Gasteiger partial charge in [-0.2, -0.15) is 0 Å². The second-order valence-electron chi connectivity index (χ2n) is 13.6. The van der Waals surface area contributed by atoms with Crippen LogP contribution in [0.3, 0.4) is 0 Å². The molecular formula is C39H28BF10P. The second-order valence-corrected chi connectivity index (χ2v) is 17.3. The van der Waals surface area contributed by atoms with Gasteiger partial charge in [0.15, 0.2) is 34.9 Å². The van der Waals surface area contributed by atoms with E-state index in [1.54, 1.807) is 64.1 Å². The Morgan fingerprint density at radius 2 is 0.843 bits per heavy atom. The minimum atomic E-state index is -4.39. The van der Waals surface area contributed by atoms with E-state index in [2.05, 4.69) is 0 Å². The van der Waals surface area contributed by atoms with Crippen LogP contribution in [0.15, 0.2) is 103 Å². The van der Waals surface area contributed by atoms with Crippen molar-refractivity contribution in [3.63, 3.8) is 0 Å². The van der Waals surface area contributed by atoms with Gasteiger partial charge in [0.25, 0.3) is 5.87 Å². The Labute approximate surface area is 288 Å². The van der Waals surface area contributed by atoms with Crippen molar-refractivity contribution in [3.8, 4) is 0 Å². The molecule has 6 rings (SSSR count). The molecule has 0 aliphatic carbocycles. The molecule has 0 radical (unpaired) electrons. The molecule has 1 aliphatic heterocycles. The third kappa shape index (κ3) is 5.18. The van der Waals surface area contributed by atoms with E-state index in [0.717, 1.165) is 5.56 Å². The standard InChI is InChI=1S/C39H28BF10P/c1-21-15-17-22(18-16-21)38-25(19-20-39(2,3)4)40(26-28(41)32(45)36(49)33(46)29(26)42,27-30(43)34(47)37(50)35(48)31(27)44)51(38,23-11-7-5-8-12-23)24-13-9-6-10-14-24/h5-20H,1-4H3/b20-19+. The number of rotatable bonds is 6. The molecular weight excluding hydrogens is 700 g/mol. The summed E-state index contributed by atoms with van der Waals surface area (Å²) in [6.45, 7) is 6.89. The quantitative estimate of drug-likeness (QED) is 0.0538. The predicted octanol–water partition coefficient (Wildman–Crippen LogP) is 9.68. The van der Waals surface area contributed by atoms with Gasteiger partial charge in [-0.1, -0.05) is 110 Å². The fourth-order valence-electron chi connectivity index (χ4n) is 7.38. The van der Waals surface area contributed by atoms with Gasteiger partial charge >= 0.3 is 0 Å². The summed E-state index contributed by atoms with van der Waals surface area (Å²) in [5.41, 5.74) is -3.43. The average Bonchev–Trinajstić information content (AvgIpc) is 3.11. The molecule has 0 aromatic heterocycles. The largest absolute Gasteiger partial charge is 0.277 e. The summed E-state index contributed by atoms with van der Waals surface area (Å²) >= 11 is 0. The maximum Gasteiger partial charge on any atom is 0.277 e. The van der Waals surface area contributed by atoms with Crippen LogP contribution in [0.1, 0.15) is 31.9 Å². The molecule has 0 saturated carbocycles. The SMILES string of the molecule is Cc1ccc(C2=C(/C=C/C(C)(C)C)[B-](c3c(F)c(F)c(F)c(F)c3F)(c3c(F)c(F)c(F)c(F)c3F)[P+]2(c2ccccc2)c2ccccc2)cc1. The second kappa shape index (κ2) is 12.9. The zero-order valence-corrected chi connectivity index (χ0v) is 28.4. The van der Waals surface area contributed by atoms with E-state index >= 15 is 35.1 Å². The van der Waals surface area contributed by atoms with Crippen LogP contribution >= 0.6 is 7.14 Å². The number of halogens is 10. The first kappa shape index (κ1) is 36.2. The Morgan fingerprint density at radius 3 is 1.20 bits per heavy atom. The van der Waals surface area contributed by atoms with Crippen LogP contribution in [-0.4, -0.2) is 5.87 Å². The van der Waals surface area contributed by atoms with E-state index in [9.17, 15) is 8.78 Å². The third-order valence-electron chi connectivity index (χ3n) is 9.40. The Morgan fingerprint density at radius 1 is 0.490 bits per heavy atom. The zero-order chi connectivity index (χ0) is 37.2. The lowest BCUT2D eigenvalue weighted by atomic mass is 9.32. The number of hydrogen-bond donors (Lipinski definition) is 0. The fourth-order valence-corrected chi connectivity index (χ4v) is 13.6. The molecule has 5 aromatic carbocycles. The molecule has 0 unspecified atom stereocenters. The molecule has 5 aromatic rings. The van der Waals surface area contributed by atoms with E-state index < -0.39 is 87.5 Å². The van der Waals surface area contributed by atoms with Crippen molar-refractivity contribution < 1.29 is 43.9 Å². The molecule has 0 spiro atoms. The summed E-state index contributed by atoms with van der Waals surface area (Å²) in [4.78, 5) is 0. The number of hydrogen-bond acceptors (Lipinski definition) is 0. The molecule has 0 amide bonds. The summed E-state index contributed by atoms with van der Waals surface area (Å²) in [5, 5.41) is 0.424. The molecule has 262 valence electrons. The molecule has 0 nitrogen and oxygen atoms in total. The fraction of sp³-hybridized carbons (Fsp3) is 0.128. The van der Waals surface area contributed by atoms with E-state index in [0.29, 0.717) is 5.56 Å². The highest BCUT2D eigenvalue weighted by atomic mass is 31.2. The zero-order valence-electron chi connectivity index (χ0n) is 27.5. The number of allylic oxidation sites excluding steroid dienone is 3. The van der Waals surface area contributed by atoms with E-state index in [1.165, 1.54) is 60.7 Å². The van der Waals surface area contributed by atoms with Crippen LogP contribution in [0, 0.1) is 70.5 Å². The first-order chi connectivity index (χ1) is 24.0. The number of benzene rings is 5. The van der Waals surface area contributed by atoms with Crippen LogP contribution in [0.2, 0.25) is 0 Å². The monoisotopic (exact) mass is 728 g/mol. The van der Waals surface area contributed by atoms with Crippen LogP contribution in [-0.2, 0) is 0 Å². The maximum atomic E-state index is 16.7. The smallest absolute Gasteiger partial charge is 0.207 e. The van der Waals surface area contributed by atoms with Crippen molar-refractivity contribution in [2.45, 2.75) is 27.7 Å². The summed E-state index contributed by atoms with van der Waals surface area (Å²) in [6.07, 6.45) is 2.73. The maximum absolute atomic E-state index is 16.7. The van der Waals surface area contributed by atoms with Crippen molar-refractivity contribution in [2.75, 3.05) is 0 Å². The first-order valence-electron chi connectivity index (χ1n) is 15.7. The molecule has 0 bridgehead atoms. The van der Waals surface area contributed by atoms with Crippen molar-refractivity contribution >= 4 is 39.9 Å². The van der Waals surface area contributed by atoms with Gasteiger partial charge in [-0.3, -0.25) is 0 Å². The van der Waals surface area contributed by atoms with Gasteiger partial charge in [-0.25, -0.2) is 43.9 Å². The molecule has 0 saturated heterocycles. The van der Waals surface area contributed by atoms with Gasteiger partial charge in [-0.05, 0) is 43.7 Å². The topological polar surface area (TPSA) is 0 Å². The molecule has 0 fully saturated rings. The van der Waals surface area contributed by atoms with Gasteiger partial charge in [-0.15, -0.1) is 5.47 Å². The van der Waals surface area contributed by atoms with Gasteiger partial charge in [0.1, 0.15) is 23.3 Å². The molecule has 1 heterocycles. The van der Waals surface area contributed by atoms with Gasteiger partial charge in [0.05, 0.1) is 10.6 Å². The van der Waals surface area contributed by atoms with E-state index in [-0.39, 0.29) is 21.4 Å². The Hall–Kier alpha value is -4.63. The molecule has 0 N–H and O–H groups in total. The number of aryl methyl sites for hydroxylation is 1. The van der Waals surface area contributed by atoms with Crippen molar-refractivity contribution in [1.29, 1.82) is 0 Å². The minimum absolute atomic E-state index is 0.118. The van der Waals surface area contributed by atoms with Crippen molar-refractivity contribution in [1.82, 2.24) is 0 Å². The van der Waals surface area contributed by atoms with Gasteiger partial charge < -0.3 is 0 Å². The summed E-state index contributed by atoms with van der Waals surface area (Å²) in [6, 6.07) is 21.5. The highest BCUT2D eigenvalue weighted by Gasteiger charge is 2.73. The highest BCUT2D eigenvalue weighted by molar-refractivity contribution is 8.30. The lowest BCUT2D eigenvalue weighted by Gasteiger charge is -2.61. The Balaban J connectivity index is 2.08. The molecule has 0 atom stereocenters. The molecule has 51 heavy (non-hydrogen) atoms. The Kier molecular flexibility index (Phi) is 9.12. The van der Waals surface area contributed by atoms with Crippen LogP contribution in [0.4, 0.5) is 43.9 Å². The average molecular weight is 728 g/mol. The minimum Gasteiger partial charge on any atom is -0.207 e. The van der Waals surface area contributed by atoms with E-state index in [4.69, 9.17) is 0 Å². The predicted molar refractivity (Wildman–Crippen MR) is 183 cm³/mol. The molecule has 12 heteroatoms. The first-order valence-corrected chi connectivity index (χ1v) is 17.6. The third-order valence-corrected chi connectivity index (χ3v) is 14.8. The van der Waals surface area contributed by atoms with Gasteiger partial charge in [0.2, 0.25) is 0 Å². The Bertz CT molecular complexity index is 2080. The summed E-state index contributed by atoms with van der Waals surface area (Å²) in [5.74, 6) is -29.1. The normalized spacial score (nSPS) is 15.4. The lowest BCUT2D eigenvalue weighted by molar-refractivity contribution is 0.382. The summed E-state index contributed by atoms with van der Waals surface area (Å²) < 4.78 is 158. The van der Waals surface area contributed by atoms with E-state index in [1.807, 2.05) is 0 Å². The highest BCUT2D eigenvalue weighted by Crippen LogP contribution is 2.83. The van der Waals surface area contributed by atoms with Crippen LogP contribution < -0.4 is 21.5 Å². The van der Waals surface area contributed by atoms with Crippen LogP contribution in [0.5, 0.6) is 0 Å². The lowest BCUT2D eigenvalue weighted by Crippen LogP contribution is -2.73. The van der Waals surface area contributed by atoms with Crippen molar-refractivity contribution in [3.05, 3.63) is 172 Å². The van der Waals surface area contributed by atoms with Crippen LogP contribution in [0.25, 0.3) is 5.31 Å². The van der Waals surface area contributed by atoms with Gasteiger partial charge in [0, 0.05) is 10.9 Å². The summed E-state index contributed by atoms with van der Waals surface area (Å²) in [7, 11) is -4.34. The van der Waals surface area contributed by atoms with Crippen molar-refractivity contribution in [2.24, 2.45) is 5.41 Å². The molecule has 1 aliphatic rings.